The summed E-state index contributed by atoms with van der Waals surface area (Å²) in [6.07, 6.45) is 7.30. The van der Waals surface area contributed by atoms with Gasteiger partial charge in [-0.15, -0.1) is 0 Å². The fourth-order valence-corrected chi connectivity index (χ4v) is 3.54. The summed E-state index contributed by atoms with van der Waals surface area (Å²) in [5.74, 6) is -0.253. The van der Waals surface area contributed by atoms with Gasteiger partial charge in [-0.2, -0.15) is 5.26 Å². The SMILES string of the molecule is Cc1c(/C=C(\C#N)C(=O)NC2CCCCC2)c2ccccc2n1C. The number of carbonyl (C=O) groups excluding carboxylic acids is 1. The van der Waals surface area contributed by atoms with Crippen molar-refractivity contribution in [1.29, 1.82) is 5.26 Å². The minimum Gasteiger partial charge on any atom is -0.349 e. The van der Waals surface area contributed by atoms with Crippen molar-refractivity contribution in [3.8, 4) is 6.07 Å². The van der Waals surface area contributed by atoms with E-state index in [-0.39, 0.29) is 17.5 Å². The van der Waals surface area contributed by atoms with E-state index in [9.17, 15) is 10.1 Å². The van der Waals surface area contributed by atoms with E-state index in [1.54, 1.807) is 6.08 Å². The highest BCUT2D eigenvalue weighted by atomic mass is 16.1. The van der Waals surface area contributed by atoms with Crippen LogP contribution in [0.1, 0.15) is 43.4 Å². The van der Waals surface area contributed by atoms with Crippen molar-refractivity contribution >= 4 is 22.9 Å². The maximum absolute atomic E-state index is 12.5. The second-order valence-corrected chi connectivity index (χ2v) is 6.55. The smallest absolute Gasteiger partial charge is 0.262 e. The van der Waals surface area contributed by atoms with Gasteiger partial charge in [0.05, 0.1) is 0 Å². The number of hydrogen-bond donors (Lipinski definition) is 1. The van der Waals surface area contributed by atoms with E-state index in [1.165, 1.54) is 6.42 Å². The van der Waals surface area contributed by atoms with Gasteiger partial charge in [0, 0.05) is 35.2 Å². The number of benzene rings is 1. The molecule has 1 heterocycles. The number of amides is 1. The van der Waals surface area contributed by atoms with Crippen LogP contribution in [0.15, 0.2) is 29.8 Å². The Morgan fingerprint density at radius 3 is 2.71 bits per heavy atom. The molecule has 4 heteroatoms. The van der Waals surface area contributed by atoms with E-state index in [0.29, 0.717) is 0 Å². The topological polar surface area (TPSA) is 57.8 Å². The first kappa shape index (κ1) is 16.3. The quantitative estimate of drug-likeness (QED) is 0.689. The van der Waals surface area contributed by atoms with Crippen LogP contribution < -0.4 is 5.32 Å². The summed E-state index contributed by atoms with van der Waals surface area (Å²) in [6.45, 7) is 2.01. The van der Waals surface area contributed by atoms with E-state index >= 15 is 0 Å². The summed E-state index contributed by atoms with van der Waals surface area (Å²) in [5, 5.41) is 13.6. The number of aromatic nitrogens is 1. The van der Waals surface area contributed by atoms with Crippen LogP contribution in [0.2, 0.25) is 0 Å². The first-order valence-electron chi connectivity index (χ1n) is 8.58. The van der Waals surface area contributed by atoms with Crippen LogP contribution in [-0.2, 0) is 11.8 Å². The third kappa shape index (κ3) is 3.07. The molecule has 0 bridgehead atoms. The lowest BCUT2D eigenvalue weighted by Gasteiger charge is -2.22. The van der Waals surface area contributed by atoms with Gasteiger partial charge in [-0.3, -0.25) is 4.79 Å². The first-order valence-corrected chi connectivity index (χ1v) is 8.58. The van der Waals surface area contributed by atoms with Gasteiger partial charge < -0.3 is 9.88 Å². The lowest BCUT2D eigenvalue weighted by Crippen LogP contribution is -2.36. The predicted octanol–water partition coefficient (Wildman–Crippen LogP) is 3.84. The highest BCUT2D eigenvalue weighted by Crippen LogP contribution is 2.27. The summed E-state index contributed by atoms with van der Waals surface area (Å²) in [4.78, 5) is 12.5. The minimum absolute atomic E-state index is 0.181. The highest BCUT2D eigenvalue weighted by Gasteiger charge is 2.19. The number of fused-ring (bicyclic) bond motifs is 1. The van der Waals surface area contributed by atoms with Gasteiger partial charge in [-0.05, 0) is 31.9 Å². The zero-order valence-electron chi connectivity index (χ0n) is 14.3. The van der Waals surface area contributed by atoms with Gasteiger partial charge >= 0.3 is 0 Å². The van der Waals surface area contributed by atoms with E-state index in [0.717, 1.165) is 47.8 Å². The third-order valence-corrected chi connectivity index (χ3v) is 5.04. The van der Waals surface area contributed by atoms with E-state index in [4.69, 9.17) is 0 Å². The Hall–Kier alpha value is -2.54. The van der Waals surface area contributed by atoms with E-state index in [1.807, 2.05) is 38.2 Å². The number of hydrogen-bond acceptors (Lipinski definition) is 2. The molecule has 1 saturated carbocycles. The summed E-state index contributed by atoms with van der Waals surface area (Å²) >= 11 is 0. The zero-order chi connectivity index (χ0) is 17.1. The van der Waals surface area contributed by atoms with Gasteiger partial charge in [0.15, 0.2) is 0 Å². The normalized spacial score (nSPS) is 16.1. The molecule has 4 nitrogen and oxygen atoms in total. The van der Waals surface area contributed by atoms with Crippen LogP contribution in [0.25, 0.3) is 17.0 Å². The number of nitriles is 1. The van der Waals surface area contributed by atoms with E-state index < -0.39 is 0 Å². The van der Waals surface area contributed by atoms with Crippen molar-refractivity contribution < 1.29 is 4.79 Å². The molecular formula is C20H23N3O. The average molecular weight is 321 g/mol. The lowest BCUT2D eigenvalue weighted by molar-refractivity contribution is -0.117. The van der Waals surface area contributed by atoms with Gasteiger partial charge in [-0.25, -0.2) is 0 Å². The van der Waals surface area contributed by atoms with Gasteiger partial charge in [0.25, 0.3) is 5.91 Å². The Labute approximate surface area is 142 Å². The van der Waals surface area contributed by atoms with Crippen LogP contribution in [0.5, 0.6) is 0 Å². The van der Waals surface area contributed by atoms with Crippen LogP contribution >= 0.6 is 0 Å². The molecule has 0 spiro atoms. The molecule has 0 saturated heterocycles. The summed E-state index contributed by atoms with van der Waals surface area (Å²) in [6, 6.07) is 10.3. The maximum atomic E-state index is 12.5. The summed E-state index contributed by atoms with van der Waals surface area (Å²) in [5.41, 5.74) is 3.28. The molecule has 1 amide bonds. The Kier molecular flexibility index (Phi) is 4.71. The molecule has 24 heavy (non-hydrogen) atoms. The zero-order valence-corrected chi connectivity index (χ0v) is 14.3. The monoisotopic (exact) mass is 321 g/mol. The van der Waals surface area contributed by atoms with Crippen LogP contribution in [0.3, 0.4) is 0 Å². The fraction of sp³-hybridized carbons (Fsp3) is 0.400. The molecular weight excluding hydrogens is 298 g/mol. The van der Waals surface area contributed by atoms with Crippen molar-refractivity contribution in [3.63, 3.8) is 0 Å². The van der Waals surface area contributed by atoms with Gasteiger partial charge in [0.2, 0.25) is 0 Å². The molecule has 0 radical (unpaired) electrons. The molecule has 1 aromatic carbocycles. The van der Waals surface area contributed by atoms with Crippen molar-refractivity contribution in [2.75, 3.05) is 0 Å². The molecule has 1 fully saturated rings. The van der Waals surface area contributed by atoms with Crippen LogP contribution in [0, 0.1) is 18.3 Å². The Balaban J connectivity index is 1.92. The molecule has 1 aliphatic carbocycles. The fourth-order valence-electron chi connectivity index (χ4n) is 3.54. The van der Waals surface area contributed by atoms with Gasteiger partial charge in [-0.1, -0.05) is 37.5 Å². The number of aryl methyl sites for hydroxylation is 1. The second-order valence-electron chi connectivity index (χ2n) is 6.55. The predicted molar refractivity (Wildman–Crippen MR) is 96.3 cm³/mol. The average Bonchev–Trinajstić information content (AvgIpc) is 2.85. The molecule has 2 aromatic rings. The number of para-hydroxylation sites is 1. The summed E-state index contributed by atoms with van der Waals surface area (Å²) < 4.78 is 2.09. The Bertz CT molecular complexity index is 832. The van der Waals surface area contributed by atoms with Gasteiger partial charge in [0.1, 0.15) is 11.6 Å². The third-order valence-electron chi connectivity index (χ3n) is 5.04. The molecule has 1 N–H and O–H groups in total. The number of carbonyl (C=O) groups is 1. The van der Waals surface area contributed by atoms with E-state index in [2.05, 4.69) is 16.0 Å². The van der Waals surface area contributed by atoms with Crippen molar-refractivity contribution in [2.24, 2.45) is 7.05 Å². The minimum atomic E-state index is -0.253. The van der Waals surface area contributed by atoms with Crippen molar-refractivity contribution in [1.82, 2.24) is 9.88 Å². The Morgan fingerprint density at radius 2 is 2.00 bits per heavy atom. The number of nitrogens with zero attached hydrogens (tertiary/aromatic N) is 2. The maximum Gasteiger partial charge on any atom is 0.262 e. The molecule has 124 valence electrons. The van der Waals surface area contributed by atoms with Crippen LogP contribution in [-0.4, -0.2) is 16.5 Å². The molecule has 0 aliphatic heterocycles. The number of rotatable bonds is 3. The first-order chi connectivity index (χ1) is 11.6. The standard InChI is InChI=1S/C20H23N3O/c1-14-18(17-10-6-7-11-19(17)23(14)2)12-15(13-21)20(24)22-16-8-4-3-5-9-16/h6-7,10-12,16H,3-5,8-9H2,1-2H3,(H,22,24)/b15-12+. The highest BCUT2D eigenvalue weighted by molar-refractivity contribution is 6.04. The van der Waals surface area contributed by atoms with Crippen molar-refractivity contribution in [2.45, 2.75) is 45.1 Å². The molecule has 0 unspecified atom stereocenters. The van der Waals surface area contributed by atoms with Crippen molar-refractivity contribution in [3.05, 3.63) is 41.1 Å². The molecule has 1 aliphatic rings. The molecule has 0 atom stereocenters. The number of nitrogens with one attached hydrogen (secondary N) is 1. The Morgan fingerprint density at radius 1 is 1.29 bits per heavy atom. The largest absolute Gasteiger partial charge is 0.349 e. The van der Waals surface area contributed by atoms with Crippen LogP contribution in [0.4, 0.5) is 0 Å². The summed E-state index contributed by atoms with van der Waals surface area (Å²) in [7, 11) is 2.00. The second kappa shape index (κ2) is 6.92. The molecule has 1 aromatic heterocycles. The lowest BCUT2D eigenvalue weighted by atomic mass is 9.95. The molecule has 3 rings (SSSR count).